The van der Waals surface area contributed by atoms with E-state index in [0.29, 0.717) is 11.1 Å². The molecule has 38 heavy (non-hydrogen) atoms. The molecule has 6 nitrogen and oxygen atoms in total. The van der Waals surface area contributed by atoms with Gasteiger partial charge in [-0.1, -0.05) is 71.9 Å². The van der Waals surface area contributed by atoms with Gasteiger partial charge in [0.05, 0.1) is 6.61 Å². The topological polar surface area (TPSA) is 121 Å². The summed E-state index contributed by atoms with van der Waals surface area (Å²) >= 11 is 0. The van der Waals surface area contributed by atoms with Gasteiger partial charge in [0.25, 0.3) is 0 Å². The lowest BCUT2D eigenvalue weighted by Gasteiger charge is -2.45. The number of halogens is 2. The van der Waals surface area contributed by atoms with E-state index in [-0.39, 0.29) is 11.1 Å². The molecule has 0 heterocycles. The molecule has 0 fully saturated rings. The summed E-state index contributed by atoms with van der Waals surface area (Å²) in [5, 5.41) is 64.7. The number of aliphatic hydroxyl groups is 6. The molecule has 212 valence electrons. The first-order chi connectivity index (χ1) is 17.3. The van der Waals surface area contributed by atoms with Crippen LogP contribution in [0.3, 0.4) is 0 Å². The number of benzene rings is 2. The molecule has 0 spiro atoms. The molecule has 0 amide bonds. The standard InChI is InChI=1S/C30H42F2O6/c1-8-29(37,15-18-9-11-20(22(31)13-18)27(2,3)4)26(36)30(38,25(35)24(34)17-33)16-19-10-12-21(23(32)14-19)28(5,6)7/h8-14,24-26,33-38H,1,15-17H2,2-7H3/t24-,25+,26+,29?,30+/m0/s1. The second-order valence-electron chi connectivity index (χ2n) is 12.3. The molecular weight excluding hydrogens is 494 g/mol. The summed E-state index contributed by atoms with van der Waals surface area (Å²) < 4.78 is 29.7. The molecule has 5 atom stereocenters. The monoisotopic (exact) mass is 536 g/mol. The van der Waals surface area contributed by atoms with Crippen LogP contribution in [0.1, 0.15) is 63.8 Å². The van der Waals surface area contributed by atoms with Crippen LogP contribution in [0.15, 0.2) is 49.1 Å². The zero-order valence-electron chi connectivity index (χ0n) is 23.0. The van der Waals surface area contributed by atoms with Crippen LogP contribution in [-0.4, -0.2) is 66.8 Å². The summed E-state index contributed by atoms with van der Waals surface area (Å²) in [6.07, 6.45) is -6.29. The van der Waals surface area contributed by atoms with E-state index in [1.807, 2.05) is 41.5 Å². The molecule has 0 saturated carbocycles. The van der Waals surface area contributed by atoms with Gasteiger partial charge in [-0.3, -0.25) is 0 Å². The highest BCUT2D eigenvalue weighted by Crippen LogP contribution is 2.35. The van der Waals surface area contributed by atoms with Crippen molar-refractivity contribution >= 4 is 0 Å². The fourth-order valence-electron chi connectivity index (χ4n) is 4.72. The highest BCUT2D eigenvalue weighted by Gasteiger charge is 2.53. The number of hydrogen-bond acceptors (Lipinski definition) is 6. The van der Waals surface area contributed by atoms with Crippen LogP contribution in [0.4, 0.5) is 8.78 Å². The first kappa shape index (κ1) is 32.0. The van der Waals surface area contributed by atoms with Crippen molar-refractivity contribution in [3.8, 4) is 0 Å². The van der Waals surface area contributed by atoms with Crippen molar-refractivity contribution in [2.45, 2.75) is 94.7 Å². The van der Waals surface area contributed by atoms with E-state index < -0.39 is 71.4 Å². The third kappa shape index (κ3) is 6.86. The molecule has 2 aromatic carbocycles. The predicted molar refractivity (Wildman–Crippen MR) is 143 cm³/mol. The van der Waals surface area contributed by atoms with Gasteiger partial charge >= 0.3 is 0 Å². The molecule has 0 bridgehead atoms. The summed E-state index contributed by atoms with van der Waals surface area (Å²) in [4.78, 5) is 0. The van der Waals surface area contributed by atoms with Gasteiger partial charge in [-0.25, -0.2) is 8.78 Å². The Bertz CT molecular complexity index is 1120. The summed E-state index contributed by atoms with van der Waals surface area (Å²) in [6.45, 7) is 13.6. The van der Waals surface area contributed by atoms with Crippen molar-refractivity contribution in [3.05, 3.63) is 82.9 Å². The van der Waals surface area contributed by atoms with Crippen LogP contribution in [0.2, 0.25) is 0 Å². The Hall–Kier alpha value is -2.20. The SMILES string of the molecule is C=CC(O)(Cc1ccc(C(C)(C)C)c(F)c1)[C@@H](O)[C@@](O)(Cc1ccc(C(C)(C)C)c(F)c1)[C@H](O)[C@@H](O)CO. The summed E-state index contributed by atoms with van der Waals surface area (Å²) in [5.74, 6) is -1.09. The maximum absolute atomic E-state index is 14.9. The van der Waals surface area contributed by atoms with E-state index in [2.05, 4.69) is 6.58 Å². The second kappa shape index (κ2) is 11.5. The average Bonchev–Trinajstić information content (AvgIpc) is 2.80. The number of aliphatic hydroxyl groups excluding tert-OH is 4. The van der Waals surface area contributed by atoms with E-state index in [0.717, 1.165) is 12.1 Å². The predicted octanol–water partition coefficient (Wildman–Crippen LogP) is 3.07. The van der Waals surface area contributed by atoms with E-state index >= 15 is 0 Å². The Balaban J connectivity index is 2.53. The smallest absolute Gasteiger partial charge is 0.127 e. The van der Waals surface area contributed by atoms with Crippen LogP contribution < -0.4 is 0 Å². The van der Waals surface area contributed by atoms with Gasteiger partial charge in [-0.15, -0.1) is 6.58 Å². The van der Waals surface area contributed by atoms with E-state index in [4.69, 9.17) is 0 Å². The molecule has 6 N–H and O–H groups in total. The Morgan fingerprint density at radius 2 is 1.21 bits per heavy atom. The van der Waals surface area contributed by atoms with E-state index in [1.54, 1.807) is 12.1 Å². The fourth-order valence-corrected chi connectivity index (χ4v) is 4.72. The van der Waals surface area contributed by atoms with Crippen molar-refractivity contribution < 1.29 is 39.4 Å². The molecule has 0 aliphatic carbocycles. The Morgan fingerprint density at radius 1 is 0.789 bits per heavy atom. The largest absolute Gasteiger partial charge is 0.394 e. The quantitative estimate of drug-likeness (QED) is 0.260. The highest BCUT2D eigenvalue weighted by molar-refractivity contribution is 5.33. The molecule has 0 saturated heterocycles. The Kier molecular flexibility index (Phi) is 9.69. The first-order valence-corrected chi connectivity index (χ1v) is 12.6. The summed E-state index contributed by atoms with van der Waals surface area (Å²) in [7, 11) is 0. The van der Waals surface area contributed by atoms with E-state index in [1.165, 1.54) is 18.2 Å². The molecule has 0 aromatic heterocycles. The van der Waals surface area contributed by atoms with E-state index in [9.17, 15) is 39.4 Å². The van der Waals surface area contributed by atoms with Crippen molar-refractivity contribution in [3.63, 3.8) is 0 Å². The first-order valence-electron chi connectivity index (χ1n) is 12.6. The van der Waals surface area contributed by atoms with Gasteiger partial charge in [0.2, 0.25) is 0 Å². The highest BCUT2D eigenvalue weighted by atomic mass is 19.1. The van der Waals surface area contributed by atoms with Crippen LogP contribution in [0.5, 0.6) is 0 Å². The fraction of sp³-hybridized carbons (Fsp3) is 0.533. The normalized spacial score (nSPS) is 18.3. The van der Waals surface area contributed by atoms with Crippen molar-refractivity contribution in [2.75, 3.05) is 6.61 Å². The van der Waals surface area contributed by atoms with Gasteiger partial charge in [0, 0.05) is 12.8 Å². The lowest BCUT2D eigenvalue weighted by molar-refractivity contribution is -0.218. The van der Waals surface area contributed by atoms with Crippen LogP contribution in [-0.2, 0) is 23.7 Å². The van der Waals surface area contributed by atoms with Crippen LogP contribution >= 0.6 is 0 Å². The van der Waals surface area contributed by atoms with Gasteiger partial charge in [-0.2, -0.15) is 0 Å². The molecule has 0 radical (unpaired) electrons. The van der Waals surface area contributed by atoms with Crippen LogP contribution in [0.25, 0.3) is 0 Å². The number of rotatable bonds is 10. The molecule has 1 unspecified atom stereocenters. The van der Waals surface area contributed by atoms with Gasteiger partial charge < -0.3 is 30.6 Å². The minimum Gasteiger partial charge on any atom is -0.394 e. The third-order valence-corrected chi connectivity index (χ3v) is 7.02. The minimum absolute atomic E-state index is 0.160. The van der Waals surface area contributed by atoms with Crippen molar-refractivity contribution in [1.82, 2.24) is 0 Å². The lowest BCUT2D eigenvalue weighted by Crippen LogP contribution is -2.66. The van der Waals surface area contributed by atoms with Gasteiger partial charge in [-0.05, 0) is 45.2 Å². The molecule has 0 aliphatic heterocycles. The molecule has 2 rings (SSSR count). The molecule has 8 heteroatoms. The molecule has 2 aromatic rings. The minimum atomic E-state index is -2.68. The summed E-state index contributed by atoms with van der Waals surface area (Å²) in [6, 6.07) is 8.52. The lowest BCUT2D eigenvalue weighted by atomic mass is 9.72. The van der Waals surface area contributed by atoms with Gasteiger partial charge in [0.1, 0.15) is 41.1 Å². The van der Waals surface area contributed by atoms with Crippen LogP contribution in [0, 0.1) is 11.6 Å². The zero-order valence-corrected chi connectivity index (χ0v) is 23.0. The van der Waals surface area contributed by atoms with Gasteiger partial charge in [0.15, 0.2) is 0 Å². The average molecular weight is 537 g/mol. The summed E-state index contributed by atoms with van der Waals surface area (Å²) in [5.41, 5.74) is -4.68. The Morgan fingerprint density at radius 3 is 1.55 bits per heavy atom. The number of hydrogen-bond donors (Lipinski definition) is 6. The van der Waals surface area contributed by atoms with Crippen molar-refractivity contribution in [2.24, 2.45) is 0 Å². The molecule has 0 aliphatic rings. The maximum Gasteiger partial charge on any atom is 0.127 e. The zero-order chi connectivity index (χ0) is 29.3. The maximum atomic E-state index is 14.9. The molecular formula is C30H42F2O6. The van der Waals surface area contributed by atoms with Crippen molar-refractivity contribution in [1.29, 1.82) is 0 Å². The Labute approximate surface area is 223 Å². The second-order valence-corrected chi connectivity index (χ2v) is 12.3. The third-order valence-electron chi connectivity index (χ3n) is 7.02.